The van der Waals surface area contributed by atoms with E-state index in [4.69, 9.17) is 4.74 Å². The second-order valence-corrected chi connectivity index (χ2v) is 16.7. The Kier molecular flexibility index (Phi) is 10.0. The van der Waals surface area contributed by atoms with E-state index in [-0.39, 0.29) is 35.6 Å². The lowest BCUT2D eigenvalue weighted by Crippen LogP contribution is -2.64. The number of rotatable bonds is 4. The zero-order chi connectivity index (χ0) is 30.1. The number of aryl methyl sites for hydroxylation is 2. The number of sulfonamides is 1. The number of ether oxygens (including phenoxy) is 1. The molecule has 4 aliphatic rings. The highest BCUT2D eigenvalue weighted by atomic mass is 32.2. The van der Waals surface area contributed by atoms with Gasteiger partial charge in [-0.1, -0.05) is 64.7 Å². The van der Waals surface area contributed by atoms with Crippen molar-refractivity contribution in [3.63, 3.8) is 0 Å². The van der Waals surface area contributed by atoms with Crippen LogP contribution in [0.4, 0.5) is 0 Å². The number of carbonyl (C=O) groups excluding carboxylic acids is 1. The van der Waals surface area contributed by atoms with Gasteiger partial charge < -0.3 is 9.64 Å². The Bertz CT molecular complexity index is 1170. The fourth-order valence-corrected chi connectivity index (χ4v) is 9.57. The van der Waals surface area contributed by atoms with E-state index in [1.54, 1.807) is 0 Å². The minimum Gasteiger partial charge on any atom is -0.361 e. The molecular weight excluding hydrogens is 548 g/mol. The summed E-state index contributed by atoms with van der Waals surface area (Å²) in [5.74, 6) is 0.371. The van der Waals surface area contributed by atoms with E-state index >= 15 is 0 Å². The summed E-state index contributed by atoms with van der Waals surface area (Å²) in [6.45, 7) is 12.1. The van der Waals surface area contributed by atoms with Gasteiger partial charge in [0, 0.05) is 24.9 Å². The van der Waals surface area contributed by atoms with E-state index in [1.165, 1.54) is 36.0 Å². The first-order chi connectivity index (χ1) is 19.9. The van der Waals surface area contributed by atoms with Crippen molar-refractivity contribution in [2.45, 2.75) is 135 Å². The minimum atomic E-state index is -3.68. The van der Waals surface area contributed by atoms with E-state index < -0.39 is 21.6 Å². The molecule has 5 unspecified atom stereocenters. The van der Waals surface area contributed by atoms with E-state index in [1.807, 2.05) is 0 Å². The number of benzene rings is 1. The first kappa shape index (κ1) is 31.9. The van der Waals surface area contributed by atoms with Crippen LogP contribution in [-0.2, 0) is 19.6 Å². The lowest BCUT2D eigenvalue weighted by atomic mass is 9.83. The number of hydrogen-bond donors (Lipinski definition) is 3. The van der Waals surface area contributed by atoms with Gasteiger partial charge in [-0.25, -0.2) is 8.42 Å². The summed E-state index contributed by atoms with van der Waals surface area (Å²) < 4.78 is 37.2. The van der Waals surface area contributed by atoms with Crippen molar-refractivity contribution < 1.29 is 17.9 Å². The normalized spacial score (nSPS) is 33.4. The lowest BCUT2D eigenvalue weighted by molar-refractivity contribution is -0.143. The largest absolute Gasteiger partial charge is 0.361 e. The molecule has 0 aromatic heterocycles. The van der Waals surface area contributed by atoms with Gasteiger partial charge in [-0.3, -0.25) is 15.4 Å². The van der Waals surface area contributed by atoms with Crippen LogP contribution in [0.15, 0.2) is 18.2 Å². The Morgan fingerprint density at radius 3 is 2.36 bits per heavy atom. The van der Waals surface area contributed by atoms with Crippen LogP contribution in [0.1, 0.15) is 114 Å². The molecule has 2 saturated carbocycles. The van der Waals surface area contributed by atoms with Gasteiger partial charge in [0.2, 0.25) is 15.9 Å². The van der Waals surface area contributed by atoms with Crippen molar-refractivity contribution in [3.8, 4) is 0 Å². The van der Waals surface area contributed by atoms with E-state index in [0.717, 1.165) is 38.6 Å². The standard InChI is InChI=1S/C33H54N4O4S/c1-22-11-9-12-23(2)30(22)28-18-29-35-32(34-28)36-42(39,40)27-16-10-15-25(17-27)31(38)37(20-24-13-7-6-8-14-24)26(21-41-29)19-33(3,4)5/h9,11-12,24-29,32,34-36H,6-8,10,13-21H2,1-5H3/t25?,26-,27?,28?,29?,32?/m1/s1. The van der Waals surface area contributed by atoms with Crippen LogP contribution in [0.3, 0.4) is 0 Å². The molecule has 4 bridgehead atoms. The SMILES string of the molecule is Cc1cccc(C)c1C1CC2NC(N1)NS(=O)(=O)C1CCCC(C1)C(=O)N(CC1CCCCC1)[C@H](CC(C)(C)C)CO2. The first-order valence-electron chi connectivity index (χ1n) is 16.4. The van der Waals surface area contributed by atoms with Gasteiger partial charge in [0.05, 0.1) is 17.9 Å². The van der Waals surface area contributed by atoms with E-state index in [2.05, 4.69) is 73.1 Å². The lowest BCUT2D eigenvalue weighted by Gasteiger charge is -2.42. The summed E-state index contributed by atoms with van der Waals surface area (Å²) in [4.78, 5) is 16.6. The Hall–Kier alpha value is -1.52. The molecule has 0 spiro atoms. The fourth-order valence-electron chi connectivity index (χ4n) is 7.95. The van der Waals surface area contributed by atoms with Crippen LogP contribution < -0.4 is 15.4 Å². The van der Waals surface area contributed by atoms with Crippen molar-refractivity contribution >= 4 is 15.9 Å². The molecule has 2 heterocycles. The molecule has 42 heavy (non-hydrogen) atoms. The number of fused-ring (bicyclic) bond motifs is 4. The molecule has 2 aliphatic heterocycles. The fraction of sp³-hybridized carbons (Fsp3) is 0.788. The monoisotopic (exact) mass is 602 g/mol. The third kappa shape index (κ3) is 7.76. The van der Waals surface area contributed by atoms with Gasteiger partial charge in [-0.15, -0.1) is 0 Å². The van der Waals surface area contributed by atoms with Gasteiger partial charge in [-0.2, -0.15) is 4.72 Å². The second kappa shape index (κ2) is 13.2. The van der Waals surface area contributed by atoms with Gasteiger partial charge in [0.25, 0.3) is 0 Å². The summed E-state index contributed by atoms with van der Waals surface area (Å²) in [7, 11) is -3.68. The highest BCUT2D eigenvalue weighted by Crippen LogP contribution is 2.35. The zero-order valence-corrected chi connectivity index (χ0v) is 27.3. The highest BCUT2D eigenvalue weighted by molar-refractivity contribution is 7.90. The summed E-state index contributed by atoms with van der Waals surface area (Å²) in [5.41, 5.74) is 3.56. The molecule has 2 aliphatic carbocycles. The number of nitrogens with one attached hydrogen (secondary N) is 3. The maximum Gasteiger partial charge on any atom is 0.226 e. The van der Waals surface area contributed by atoms with Crippen LogP contribution in [0, 0.1) is 31.1 Å². The molecular formula is C33H54N4O4S. The highest BCUT2D eigenvalue weighted by Gasteiger charge is 2.42. The molecule has 1 aromatic rings. The molecule has 6 atom stereocenters. The van der Waals surface area contributed by atoms with Crippen molar-refractivity contribution in [2.75, 3.05) is 13.2 Å². The Balaban J connectivity index is 1.50. The summed E-state index contributed by atoms with van der Waals surface area (Å²) in [5, 5.41) is 6.38. The predicted molar refractivity (Wildman–Crippen MR) is 167 cm³/mol. The first-order valence-corrected chi connectivity index (χ1v) is 18.0. The Labute approximate surface area is 254 Å². The maximum absolute atomic E-state index is 14.4. The zero-order valence-electron chi connectivity index (χ0n) is 26.5. The molecule has 2 saturated heterocycles. The minimum absolute atomic E-state index is 0.0119. The molecule has 8 nitrogen and oxygen atoms in total. The quantitative estimate of drug-likeness (QED) is 0.435. The van der Waals surface area contributed by atoms with Gasteiger partial charge in [-0.05, 0) is 80.4 Å². The molecule has 4 fully saturated rings. The smallest absolute Gasteiger partial charge is 0.226 e. The molecule has 9 heteroatoms. The van der Waals surface area contributed by atoms with Crippen molar-refractivity contribution in [1.29, 1.82) is 0 Å². The Morgan fingerprint density at radius 1 is 0.952 bits per heavy atom. The summed E-state index contributed by atoms with van der Waals surface area (Å²) >= 11 is 0. The number of nitrogens with zero attached hydrogens (tertiary/aromatic N) is 1. The molecule has 1 amide bonds. The molecule has 0 radical (unpaired) electrons. The van der Waals surface area contributed by atoms with E-state index in [0.29, 0.717) is 31.8 Å². The molecule has 5 rings (SSSR count). The average Bonchev–Trinajstić information content (AvgIpc) is 2.93. The van der Waals surface area contributed by atoms with Gasteiger partial charge in [0.15, 0.2) is 0 Å². The van der Waals surface area contributed by atoms with Crippen LogP contribution in [0.5, 0.6) is 0 Å². The summed E-state index contributed by atoms with van der Waals surface area (Å²) in [6.07, 6.45) is 9.00. The van der Waals surface area contributed by atoms with Crippen molar-refractivity contribution in [1.82, 2.24) is 20.3 Å². The molecule has 236 valence electrons. The van der Waals surface area contributed by atoms with Crippen molar-refractivity contribution in [2.24, 2.45) is 17.3 Å². The number of carbonyl (C=O) groups is 1. The maximum atomic E-state index is 14.4. The topological polar surface area (TPSA) is 99.8 Å². The van der Waals surface area contributed by atoms with Crippen LogP contribution in [0.2, 0.25) is 0 Å². The predicted octanol–water partition coefficient (Wildman–Crippen LogP) is 5.26. The average molecular weight is 603 g/mol. The molecule has 3 N–H and O–H groups in total. The van der Waals surface area contributed by atoms with Crippen molar-refractivity contribution in [3.05, 3.63) is 34.9 Å². The van der Waals surface area contributed by atoms with Gasteiger partial charge >= 0.3 is 0 Å². The van der Waals surface area contributed by atoms with E-state index in [9.17, 15) is 13.2 Å². The van der Waals surface area contributed by atoms with Gasteiger partial charge in [0.1, 0.15) is 12.5 Å². The summed E-state index contributed by atoms with van der Waals surface area (Å²) in [6, 6.07) is 6.15. The number of hydrogen-bond acceptors (Lipinski definition) is 6. The Morgan fingerprint density at radius 2 is 1.67 bits per heavy atom. The van der Waals surface area contributed by atoms with Crippen LogP contribution in [-0.4, -0.2) is 56.2 Å². The molecule has 1 aromatic carbocycles. The van der Waals surface area contributed by atoms with Crippen LogP contribution >= 0.6 is 0 Å². The third-order valence-corrected chi connectivity index (χ3v) is 11.9. The second-order valence-electron chi connectivity index (χ2n) is 14.7. The number of amides is 1. The third-order valence-electron chi connectivity index (χ3n) is 10.00. The van der Waals surface area contributed by atoms with Crippen LogP contribution in [0.25, 0.3) is 0 Å².